The first-order chi connectivity index (χ1) is 8.88. The second kappa shape index (κ2) is 4.04. The van der Waals surface area contributed by atoms with Gasteiger partial charge in [-0.15, -0.1) is 0 Å². The van der Waals surface area contributed by atoms with Crippen LogP contribution in [-0.2, 0) is 12.3 Å². The number of fused-ring (bicyclic) bond motifs is 2. The van der Waals surface area contributed by atoms with Crippen molar-refractivity contribution in [1.29, 1.82) is 0 Å². The van der Waals surface area contributed by atoms with E-state index in [9.17, 15) is 0 Å². The molecule has 0 radical (unpaired) electrons. The van der Waals surface area contributed by atoms with Crippen LogP contribution in [-0.4, -0.2) is 17.2 Å². The van der Waals surface area contributed by atoms with Crippen LogP contribution in [0.5, 0.6) is 0 Å². The van der Waals surface area contributed by atoms with Crippen LogP contribution in [0.15, 0.2) is 24.4 Å². The summed E-state index contributed by atoms with van der Waals surface area (Å²) in [5, 5.41) is 5.21. The zero-order valence-electron chi connectivity index (χ0n) is 10.4. The minimum Gasteiger partial charge on any atom is -0.338 e. The molecule has 3 heteroatoms. The maximum atomic E-state index is 4.44. The van der Waals surface area contributed by atoms with Crippen molar-refractivity contribution in [3.05, 3.63) is 35.5 Å². The van der Waals surface area contributed by atoms with Crippen LogP contribution in [0.2, 0.25) is 0 Å². The molecule has 0 spiro atoms. The van der Waals surface area contributed by atoms with Gasteiger partial charge in [-0.3, -0.25) is 0 Å². The van der Waals surface area contributed by atoms with Gasteiger partial charge in [0.1, 0.15) is 0 Å². The van der Waals surface area contributed by atoms with Gasteiger partial charge in [0, 0.05) is 29.1 Å². The molecule has 2 atom stereocenters. The molecule has 0 amide bonds. The van der Waals surface area contributed by atoms with E-state index >= 15 is 0 Å². The molecule has 2 heterocycles. The van der Waals surface area contributed by atoms with Crippen molar-refractivity contribution >= 4 is 23.5 Å². The minimum atomic E-state index is 0.646. The van der Waals surface area contributed by atoms with Crippen molar-refractivity contribution in [2.75, 3.05) is 6.54 Å². The Morgan fingerprint density at radius 1 is 1.39 bits per heavy atom. The number of piperidine rings is 1. The van der Waals surface area contributed by atoms with E-state index in [0.717, 1.165) is 5.88 Å². The maximum absolute atomic E-state index is 4.44. The Hall–Kier alpha value is -0.930. The summed E-state index contributed by atoms with van der Waals surface area (Å²) < 4.78 is 2.27. The van der Waals surface area contributed by atoms with E-state index in [1.807, 2.05) is 0 Å². The topological polar surface area (TPSA) is 17.0 Å². The van der Waals surface area contributed by atoms with Crippen LogP contribution in [0, 0.1) is 0 Å². The third-order valence-corrected chi connectivity index (χ3v) is 4.90. The number of rotatable bonds is 1. The first-order valence-electron chi connectivity index (χ1n) is 6.83. The van der Waals surface area contributed by atoms with Gasteiger partial charge < -0.3 is 9.88 Å². The first-order valence-corrected chi connectivity index (χ1v) is 7.46. The van der Waals surface area contributed by atoms with Crippen LogP contribution < -0.4 is 5.32 Å². The monoisotopic (exact) mass is 258 g/mol. The van der Waals surface area contributed by atoms with Crippen molar-refractivity contribution in [3.8, 4) is 0 Å². The molecular weight excluding hydrogens is 240 g/mol. The molecule has 0 bridgehead atoms. The van der Waals surface area contributed by atoms with E-state index < -0.39 is 0 Å². The third kappa shape index (κ3) is 1.41. The maximum Gasteiger partial charge on any atom is 0.0653 e. The molecule has 1 aromatic heterocycles. The fourth-order valence-electron chi connectivity index (χ4n) is 3.83. The van der Waals surface area contributed by atoms with Gasteiger partial charge in [0.05, 0.1) is 5.88 Å². The Balaban J connectivity index is 1.97. The molecule has 18 heavy (non-hydrogen) atoms. The molecule has 94 valence electrons. The average molecular weight is 258 g/mol. The van der Waals surface area contributed by atoms with Crippen molar-refractivity contribution in [2.45, 2.75) is 37.1 Å². The molecule has 1 saturated heterocycles. The molecule has 2 unspecified atom stereocenters. The third-order valence-electron chi connectivity index (χ3n) is 4.59. The number of aromatic nitrogens is 1. The highest BCUT2D eigenvalue weighted by Crippen LogP contribution is 2.41. The summed E-state index contributed by atoms with van der Waals surface area (Å²) in [7, 11) is 0. The molecule has 1 N–H and O–H groups in total. The lowest BCUT2D eigenvalue weighted by Gasteiger charge is -2.36. The molecule has 1 aliphatic heterocycles. The van der Waals surface area contributed by atoms with Crippen molar-refractivity contribution in [1.82, 2.24) is 9.88 Å². The quantitative estimate of drug-likeness (QED) is 0.752. The highest BCUT2D eigenvalue weighted by atomic mass is 32.1. The van der Waals surface area contributed by atoms with Crippen molar-refractivity contribution in [3.63, 3.8) is 0 Å². The Bertz CT molecular complexity index is 602. The van der Waals surface area contributed by atoms with Crippen LogP contribution in [0.4, 0.5) is 0 Å². The second-order valence-corrected chi connectivity index (χ2v) is 5.80. The Labute approximate surface area is 113 Å². The summed E-state index contributed by atoms with van der Waals surface area (Å²) in [5.74, 6) is 1.48. The SMILES string of the molecule is SCn1cc2c3c(cccc31)C1CCCNC1C2. The van der Waals surface area contributed by atoms with E-state index in [2.05, 4.69) is 46.9 Å². The van der Waals surface area contributed by atoms with Gasteiger partial charge in [0.25, 0.3) is 0 Å². The van der Waals surface area contributed by atoms with Crippen LogP contribution in [0.3, 0.4) is 0 Å². The Morgan fingerprint density at radius 3 is 3.22 bits per heavy atom. The number of thiol groups is 1. The molecule has 4 rings (SSSR count). The predicted molar refractivity (Wildman–Crippen MR) is 78.4 cm³/mol. The lowest BCUT2D eigenvalue weighted by Crippen LogP contribution is -2.43. The smallest absolute Gasteiger partial charge is 0.0653 e. The molecule has 2 aliphatic rings. The summed E-state index contributed by atoms with van der Waals surface area (Å²) in [6.07, 6.45) is 6.12. The van der Waals surface area contributed by atoms with E-state index in [1.165, 1.54) is 42.3 Å². The minimum absolute atomic E-state index is 0.646. The normalized spacial score (nSPS) is 26.3. The number of hydrogen-bond donors (Lipinski definition) is 2. The summed E-state index contributed by atoms with van der Waals surface area (Å²) in [5.41, 5.74) is 4.43. The highest BCUT2D eigenvalue weighted by molar-refractivity contribution is 7.79. The molecule has 1 aliphatic carbocycles. The van der Waals surface area contributed by atoms with Crippen LogP contribution in [0.1, 0.15) is 29.9 Å². The van der Waals surface area contributed by atoms with Crippen LogP contribution >= 0.6 is 12.6 Å². The summed E-state index contributed by atoms with van der Waals surface area (Å²) >= 11 is 4.44. The van der Waals surface area contributed by atoms with Gasteiger partial charge in [-0.25, -0.2) is 0 Å². The number of nitrogens with zero attached hydrogens (tertiary/aromatic N) is 1. The summed E-state index contributed by atoms with van der Waals surface area (Å²) in [6, 6.07) is 7.42. The van der Waals surface area contributed by atoms with Gasteiger partial charge in [0.15, 0.2) is 0 Å². The van der Waals surface area contributed by atoms with Gasteiger partial charge in [-0.05, 0) is 43.0 Å². The standard InChI is InChI=1S/C15H18N2S/c18-9-17-8-10-7-13-11(4-2-6-16-13)12-3-1-5-14(17)15(10)12/h1,3,5,8,11,13,16,18H,2,4,6-7,9H2. The second-order valence-electron chi connectivity index (χ2n) is 5.52. The average Bonchev–Trinajstić information content (AvgIpc) is 2.79. The highest BCUT2D eigenvalue weighted by Gasteiger charge is 2.33. The Kier molecular flexibility index (Phi) is 2.45. The molecular formula is C15H18N2S. The zero-order chi connectivity index (χ0) is 12.1. The number of nitrogens with one attached hydrogen (secondary N) is 1. The lowest BCUT2D eigenvalue weighted by molar-refractivity contribution is 0.345. The summed E-state index contributed by atoms with van der Waals surface area (Å²) in [6.45, 7) is 1.18. The van der Waals surface area contributed by atoms with E-state index in [-0.39, 0.29) is 0 Å². The van der Waals surface area contributed by atoms with Gasteiger partial charge in [-0.2, -0.15) is 12.6 Å². The molecule has 2 nitrogen and oxygen atoms in total. The molecule has 1 aromatic carbocycles. The largest absolute Gasteiger partial charge is 0.338 e. The molecule has 1 fully saturated rings. The van der Waals surface area contributed by atoms with E-state index in [1.54, 1.807) is 5.56 Å². The number of hydrogen-bond acceptors (Lipinski definition) is 2. The van der Waals surface area contributed by atoms with Gasteiger partial charge in [0.2, 0.25) is 0 Å². The molecule has 2 aromatic rings. The van der Waals surface area contributed by atoms with Gasteiger partial charge in [-0.1, -0.05) is 12.1 Å². The van der Waals surface area contributed by atoms with Crippen molar-refractivity contribution < 1.29 is 0 Å². The van der Waals surface area contributed by atoms with Crippen LogP contribution in [0.25, 0.3) is 10.9 Å². The zero-order valence-corrected chi connectivity index (χ0v) is 11.3. The fraction of sp³-hybridized carbons (Fsp3) is 0.467. The Morgan fingerprint density at radius 2 is 2.33 bits per heavy atom. The number of benzene rings is 1. The lowest BCUT2D eigenvalue weighted by atomic mass is 9.76. The fourth-order valence-corrected chi connectivity index (χ4v) is 4.06. The predicted octanol–water partition coefficient (Wildman–Crippen LogP) is 2.92. The summed E-state index contributed by atoms with van der Waals surface area (Å²) in [4.78, 5) is 0. The van der Waals surface area contributed by atoms with E-state index in [4.69, 9.17) is 0 Å². The first kappa shape index (κ1) is 10.9. The van der Waals surface area contributed by atoms with Crippen molar-refractivity contribution in [2.24, 2.45) is 0 Å². The van der Waals surface area contributed by atoms with Gasteiger partial charge >= 0.3 is 0 Å². The van der Waals surface area contributed by atoms with E-state index in [0.29, 0.717) is 12.0 Å². The molecule has 0 saturated carbocycles.